The van der Waals surface area contributed by atoms with E-state index in [4.69, 9.17) is 4.74 Å². The Bertz CT molecular complexity index is 735. The lowest BCUT2D eigenvalue weighted by atomic mass is 9.98. The molecule has 1 saturated heterocycles. The van der Waals surface area contributed by atoms with Crippen LogP contribution in [0.4, 0.5) is 0 Å². The first-order valence-corrected chi connectivity index (χ1v) is 8.77. The molecule has 2 atom stereocenters. The molecule has 1 fully saturated rings. The number of nitrogens with zero attached hydrogens (tertiary/aromatic N) is 3. The number of carbonyl (C=O) groups is 1. The number of amides is 1. The summed E-state index contributed by atoms with van der Waals surface area (Å²) in [6, 6.07) is -0.0468. The lowest BCUT2D eigenvalue weighted by molar-refractivity contribution is -0.00957. The minimum absolute atomic E-state index is 0.0468. The van der Waals surface area contributed by atoms with Crippen LogP contribution in [0.15, 0.2) is 12.4 Å². The zero-order valence-corrected chi connectivity index (χ0v) is 13.9. The largest absolute Gasteiger partial charge is 0.371 e. The second kappa shape index (κ2) is 6.39. The van der Waals surface area contributed by atoms with E-state index in [-0.39, 0.29) is 18.1 Å². The number of nitrogens with one attached hydrogen (secondary N) is 2. The number of fused-ring (bicyclic) bond motifs is 1. The zero-order valence-electron chi connectivity index (χ0n) is 13.9. The predicted molar refractivity (Wildman–Crippen MR) is 87.7 cm³/mol. The predicted octanol–water partition coefficient (Wildman–Crippen LogP) is 1.76. The molecule has 24 heavy (non-hydrogen) atoms. The van der Waals surface area contributed by atoms with E-state index in [0.29, 0.717) is 12.3 Å². The first kappa shape index (κ1) is 15.4. The highest BCUT2D eigenvalue weighted by Crippen LogP contribution is 2.29. The molecule has 0 bridgehead atoms. The second-order valence-corrected chi connectivity index (χ2v) is 6.53. The Kier molecular flexibility index (Phi) is 4.10. The third-order valence-electron chi connectivity index (χ3n) is 4.97. The third-order valence-corrected chi connectivity index (χ3v) is 4.97. The summed E-state index contributed by atoms with van der Waals surface area (Å²) in [6.07, 6.45) is 8.56. The van der Waals surface area contributed by atoms with Gasteiger partial charge in [-0.05, 0) is 39.0 Å². The summed E-state index contributed by atoms with van der Waals surface area (Å²) in [4.78, 5) is 12.7. The first-order valence-electron chi connectivity index (χ1n) is 8.77. The maximum Gasteiger partial charge on any atom is 0.272 e. The van der Waals surface area contributed by atoms with Crippen molar-refractivity contribution in [1.82, 2.24) is 25.3 Å². The molecule has 2 N–H and O–H groups in total. The highest BCUT2D eigenvalue weighted by atomic mass is 16.5. The van der Waals surface area contributed by atoms with Crippen LogP contribution in [0, 0.1) is 0 Å². The number of aromatic amines is 1. The van der Waals surface area contributed by atoms with Crippen LogP contribution in [0.2, 0.25) is 0 Å². The molecule has 2 aromatic heterocycles. The van der Waals surface area contributed by atoms with Gasteiger partial charge < -0.3 is 10.1 Å². The van der Waals surface area contributed by atoms with Crippen molar-refractivity contribution in [3.05, 3.63) is 34.9 Å². The van der Waals surface area contributed by atoms with E-state index in [2.05, 4.69) is 27.5 Å². The van der Waals surface area contributed by atoms with Gasteiger partial charge in [-0.25, -0.2) is 0 Å². The SMILES string of the molecule is CCn1cc([C@H]2OCCC[C@@H]2NC(=O)c2n[nH]c3c2CCC3)cn1. The number of aromatic nitrogens is 4. The van der Waals surface area contributed by atoms with Crippen molar-refractivity contribution in [2.75, 3.05) is 6.61 Å². The lowest BCUT2D eigenvalue weighted by Gasteiger charge is -2.31. The Hall–Kier alpha value is -2.15. The smallest absolute Gasteiger partial charge is 0.272 e. The molecule has 128 valence electrons. The molecule has 2 aromatic rings. The second-order valence-electron chi connectivity index (χ2n) is 6.53. The zero-order chi connectivity index (χ0) is 16.5. The summed E-state index contributed by atoms with van der Waals surface area (Å²) in [6.45, 7) is 3.59. The normalized spacial score (nSPS) is 23.2. The number of ether oxygens (including phenoxy) is 1. The van der Waals surface area contributed by atoms with Gasteiger partial charge in [0.15, 0.2) is 5.69 Å². The molecule has 1 aliphatic heterocycles. The minimum atomic E-state index is -0.144. The van der Waals surface area contributed by atoms with Crippen LogP contribution in [0.5, 0.6) is 0 Å². The van der Waals surface area contributed by atoms with Gasteiger partial charge in [0.2, 0.25) is 0 Å². The van der Waals surface area contributed by atoms with Gasteiger partial charge in [-0.1, -0.05) is 0 Å². The van der Waals surface area contributed by atoms with Crippen molar-refractivity contribution in [3.8, 4) is 0 Å². The van der Waals surface area contributed by atoms with E-state index in [1.54, 1.807) is 0 Å². The quantitative estimate of drug-likeness (QED) is 0.895. The molecule has 2 aliphatic rings. The van der Waals surface area contributed by atoms with Gasteiger partial charge in [-0.15, -0.1) is 0 Å². The average Bonchev–Trinajstić information content (AvgIpc) is 3.31. The highest BCUT2D eigenvalue weighted by Gasteiger charge is 2.32. The monoisotopic (exact) mass is 329 g/mol. The molecule has 3 heterocycles. The van der Waals surface area contributed by atoms with Crippen molar-refractivity contribution in [2.24, 2.45) is 0 Å². The van der Waals surface area contributed by atoms with Gasteiger partial charge in [0.25, 0.3) is 5.91 Å². The molecule has 0 aromatic carbocycles. The molecule has 1 aliphatic carbocycles. The van der Waals surface area contributed by atoms with Crippen LogP contribution >= 0.6 is 0 Å². The molecular formula is C17H23N5O2. The van der Waals surface area contributed by atoms with Gasteiger partial charge in [-0.3, -0.25) is 14.6 Å². The molecule has 7 nitrogen and oxygen atoms in total. The maximum atomic E-state index is 12.7. The number of hydrogen-bond donors (Lipinski definition) is 2. The van der Waals surface area contributed by atoms with Gasteiger partial charge >= 0.3 is 0 Å². The first-order chi connectivity index (χ1) is 11.8. The van der Waals surface area contributed by atoms with E-state index < -0.39 is 0 Å². The Morgan fingerprint density at radius 1 is 1.46 bits per heavy atom. The van der Waals surface area contributed by atoms with E-state index >= 15 is 0 Å². The van der Waals surface area contributed by atoms with Crippen molar-refractivity contribution >= 4 is 5.91 Å². The molecule has 0 unspecified atom stereocenters. The molecular weight excluding hydrogens is 306 g/mol. The van der Waals surface area contributed by atoms with E-state index in [9.17, 15) is 4.79 Å². The highest BCUT2D eigenvalue weighted by molar-refractivity contribution is 5.94. The molecule has 0 saturated carbocycles. The lowest BCUT2D eigenvalue weighted by Crippen LogP contribution is -2.43. The van der Waals surface area contributed by atoms with Crippen molar-refractivity contribution in [2.45, 2.75) is 57.7 Å². The average molecular weight is 329 g/mol. The fourth-order valence-corrected chi connectivity index (χ4v) is 3.70. The van der Waals surface area contributed by atoms with Gasteiger partial charge in [0, 0.05) is 36.2 Å². The molecule has 7 heteroatoms. The standard InChI is InChI=1S/C17H23N5O2/c1-2-22-10-11(9-18-22)16-14(7-4-8-24-16)19-17(23)15-12-5-3-6-13(12)20-21-15/h9-10,14,16H,2-8H2,1H3,(H,19,23)(H,20,21)/t14-,16+/m0/s1. The Labute approximate surface area is 140 Å². The molecule has 0 spiro atoms. The summed E-state index contributed by atoms with van der Waals surface area (Å²) in [5.74, 6) is -0.0993. The fourth-order valence-electron chi connectivity index (χ4n) is 3.70. The summed E-state index contributed by atoms with van der Waals surface area (Å²) in [7, 11) is 0. The van der Waals surface area contributed by atoms with Crippen LogP contribution in [0.25, 0.3) is 0 Å². The van der Waals surface area contributed by atoms with Crippen molar-refractivity contribution < 1.29 is 9.53 Å². The number of rotatable bonds is 4. The fraction of sp³-hybridized carbons (Fsp3) is 0.588. The third kappa shape index (κ3) is 2.73. The van der Waals surface area contributed by atoms with Crippen LogP contribution in [-0.4, -0.2) is 38.5 Å². The van der Waals surface area contributed by atoms with E-state index in [1.807, 2.05) is 17.1 Å². The van der Waals surface area contributed by atoms with Gasteiger partial charge in [-0.2, -0.15) is 10.2 Å². The topological polar surface area (TPSA) is 84.8 Å². The van der Waals surface area contributed by atoms with Crippen LogP contribution in [0.3, 0.4) is 0 Å². The van der Waals surface area contributed by atoms with Gasteiger partial charge in [0.05, 0.1) is 12.2 Å². The number of carbonyl (C=O) groups excluding carboxylic acids is 1. The van der Waals surface area contributed by atoms with Crippen LogP contribution in [0.1, 0.15) is 59.6 Å². The summed E-state index contributed by atoms with van der Waals surface area (Å²) in [5.41, 5.74) is 3.77. The number of H-pyrrole nitrogens is 1. The van der Waals surface area contributed by atoms with Crippen molar-refractivity contribution in [1.29, 1.82) is 0 Å². The summed E-state index contributed by atoms with van der Waals surface area (Å²) < 4.78 is 7.83. The van der Waals surface area contributed by atoms with Crippen molar-refractivity contribution in [3.63, 3.8) is 0 Å². The Morgan fingerprint density at radius 2 is 2.38 bits per heavy atom. The van der Waals surface area contributed by atoms with Crippen LogP contribution in [-0.2, 0) is 24.1 Å². The Morgan fingerprint density at radius 3 is 3.21 bits per heavy atom. The van der Waals surface area contributed by atoms with Gasteiger partial charge in [0.1, 0.15) is 6.10 Å². The Balaban J connectivity index is 1.51. The maximum absolute atomic E-state index is 12.7. The molecule has 0 radical (unpaired) electrons. The number of hydrogen-bond acceptors (Lipinski definition) is 4. The molecule has 1 amide bonds. The van der Waals surface area contributed by atoms with Crippen LogP contribution < -0.4 is 5.32 Å². The molecule has 4 rings (SSSR count). The minimum Gasteiger partial charge on any atom is -0.371 e. The summed E-state index contributed by atoms with van der Waals surface area (Å²) in [5, 5.41) is 14.7. The van der Waals surface area contributed by atoms with E-state index in [0.717, 1.165) is 55.5 Å². The summed E-state index contributed by atoms with van der Waals surface area (Å²) >= 11 is 0. The number of aryl methyl sites for hydroxylation is 2. The van der Waals surface area contributed by atoms with E-state index in [1.165, 1.54) is 0 Å².